The first kappa shape index (κ1) is 15.8. The fourth-order valence-electron chi connectivity index (χ4n) is 3.78. The zero-order valence-corrected chi connectivity index (χ0v) is 14.3. The van der Waals surface area contributed by atoms with Gasteiger partial charge in [-0.15, -0.1) is 0 Å². The van der Waals surface area contributed by atoms with Gasteiger partial charge < -0.3 is 14.8 Å². The summed E-state index contributed by atoms with van der Waals surface area (Å²) >= 11 is 0. The Balaban J connectivity index is 1.28. The maximum atomic E-state index is 12.0. The van der Waals surface area contributed by atoms with Crippen molar-refractivity contribution in [3.63, 3.8) is 0 Å². The van der Waals surface area contributed by atoms with Crippen molar-refractivity contribution in [2.24, 2.45) is 11.8 Å². The molecule has 1 aromatic rings. The summed E-state index contributed by atoms with van der Waals surface area (Å²) in [6.07, 6.45) is 4.52. The van der Waals surface area contributed by atoms with Crippen LogP contribution in [0.3, 0.4) is 0 Å². The topological polar surface area (TPSA) is 50.8 Å². The number of rotatable bonds is 5. The van der Waals surface area contributed by atoms with E-state index in [1.807, 2.05) is 0 Å². The van der Waals surface area contributed by atoms with Crippen molar-refractivity contribution in [1.82, 2.24) is 10.2 Å². The summed E-state index contributed by atoms with van der Waals surface area (Å²) in [5.74, 6) is 2.85. The van der Waals surface area contributed by atoms with E-state index in [0.29, 0.717) is 18.6 Å². The van der Waals surface area contributed by atoms with Crippen molar-refractivity contribution in [2.75, 3.05) is 26.4 Å². The zero-order chi connectivity index (χ0) is 16.5. The highest BCUT2D eigenvalue weighted by atomic mass is 16.7. The second kappa shape index (κ2) is 6.63. The normalized spacial score (nSPS) is 23.3. The van der Waals surface area contributed by atoms with Crippen LogP contribution in [-0.2, 0) is 11.3 Å². The molecule has 1 atom stereocenters. The number of carbonyl (C=O) groups excluding carboxylic acids is 1. The lowest BCUT2D eigenvalue weighted by atomic mass is 9.85. The van der Waals surface area contributed by atoms with Crippen molar-refractivity contribution >= 4 is 5.91 Å². The molecule has 3 aliphatic rings. The summed E-state index contributed by atoms with van der Waals surface area (Å²) in [5, 5.41) is 3.15. The van der Waals surface area contributed by atoms with Crippen LogP contribution in [0.4, 0.5) is 0 Å². The molecule has 5 nitrogen and oxygen atoms in total. The molecule has 130 valence electrons. The van der Waals surface area contributed by atoms with Crippen LogP contribution in [0.2, 0.25) is 0 Å². The zero-order valence-electron chi connectivity index (χ0n) is 14.3. The summed E-state index contributed by atoms with van der Waals surface area (Å²) in [6.45, 7) is 6.37. The Hall–Kier alpha value is -1.75. The van der Waals surface area contributed by atoms with E-state index in [9.17, 15) is 4.79 Å². The first-order valence-corrected chi connectivity index (χ1v) is 9.08. The molecule has 1 saturated heterocycles. The largest absolute Gasteiger partial charge is 0.454 e. The average molecular weight is 330 g/mol. The van der Waals surface area contributed by atoms with Gasteiger partial charge in [-0.3, -0.25) is 9.69 Å². The molecular formula is C19H26N2O3. The quantitative estimate of drug-likeness (QED) is 0.901. The van der Waals surface area contributed by atoms with Crippen LogP contribution in [0.25, 0.3) is 0 Å². The van der Waals surface area contributed by atoms with Crippen LogP contribution in [0.5, 0.6) is 11.5 Å². The third-order valence-electron chi connectivity index (χ3n) is 5.64. The molecule has 0 bridgehead atoms. The van der Waals surface area contributed by atoms with Gasteiger partial charge in [0, 0.05) is 25.6 Å². The fraction of sp³-hybridized carbons (Fsp3) is 0.632. The van der Waals surface area contributed by atoms with E-state index in [0.717, 1.165) is 56.9 Å². The van der Waals surface area contributed by atoms with E-state index in [4.69, 9.17) is 9.47 Å². The van der Waals surface area contributed by atoms with Gasteiger partial charge >= 0.3 is 0 Å². The molecule has 0 radical (unpaired) electrons. The van der Waals surface area contributed by atoms with Gasteiger partial charge in [-0.05, 0) is 61.9 Å². The molecule has 4 rings (SSSR count). The lowest BCUT2D eigenvalue weighted by Crippen LogP contribution is -2.37. The number of benzene rings is 1. The lowest BCUT2D eigenvalue weighted by Gasteiger charge is -2.25. The number of carbonyl (C=O) groups is 1. The Morgan fingerprint density at radius 1 is 1.25 bits per heavy atom. The van der Waals surface area contributed by atoms with Gasteiger partial charge in [0.05, 0.1) is 0 Å². The third-order valence-corrected chi connectivity index (χ3v) is 5.64. The molecule has 1 aliphatic carbocycles. The Morgan fingerprint density at radius 3 is 2.79 bits per heavy atom. The van der Waals surface area contributed by atoms with Crippen LogP contribution in [-0.4, -0.2) is 37.2 Å². The molecule has 24 heavy (non-hydrogen) atoms. The Bertz CT molecular complexity index is 627. The van der Waals surface area contributed by atoms with Gasteiger partial charge in [-0.1, -0.05) is 6.42 Å². The number of hydrogen-bond donors (Lipinski definition) is 1. The smallest absolute Gasteiger partial charge is 0.231 e. The Kier molecular flexibility index (Phi) is 4.35. The summed E-state index contributed by atoms with van der Waals surface area (Å²) in [7, 11) is 0. The molecule has 1 amide bonds. The van der Waals surface area contributed by atoms with Crippen LogP contribution in [0.1, 0.15) is 36.8 Å². The molecule has 0 spiro atoms. The molecule has 0 aromatic heterocycles. The third kappa shape index (κ3) is 3.22. The molecule has 1 N–H and O–H groups in total. The van der Waals surface area contributed by atoms with Gasteiger partial charge in [-0.25, -0.2) is 0 Å². The highest BCUT2D eigenvalue weighted by Crippen LogP contribution is 2.35. The number of likely N-dealkylation sites (tertiary alicyclic amines) is 1. The standard InChI is InChI=1S/C19H26N2O3/c1-13-7-17-18(24-12-23-17)8-16(13)11-21-6-5-14(10-21)9-20-19(22)15-3-2-4-15/h7-8,14-15H,2-6,9-12H2,1H3,(H,20,22)/t14-/m1/s1. The predicted molar refractivity (Wildman–Crippen MR) is 91.0 cm³/mol. The minimum atomic E-state index is 0.270. The molecule has 2 fully saturated rings. The first-order chi connectivity index (χ1) is 11.7. The monoisotopic (exact) mass is 330 g/mol. The molecule has 5 heteroatoms. The number of nitrogens with one attached hydrogen (secondary N) is 1. The van der Waals surface area contributed by atoms with Crippen LogP contribution >= 0.6 is 0 Å². The first-order valence-electron chi connectivity index (χ1n) is 9.08. The SMILES string of the molecule is Cc1cc2c(cc1CN1CC[C@H](CNC(=O)C3CCC3)C1)OCO2. The van der Waals surface area contributed by atoms with Crippen molar-refractivity contribution < 1.29 is 14.3 Å². The molecule has 1 aromatic carbocycles. The van der Waals surface area contributed by atoms with E-state index in [-0.39, 0.29) is 5.91 Å². The van der Waals surface area contributed by atoms with E-state index < -0.39 is 0 Å². The Labute approximate surface area is 143 Å². The minimum Gasteiger partial charge on any atom is -0.454 e. The highest BCUT2D eigenvalue weighted by Gasteiger charge is 2.28. The van der Waals surface area contributed by atoms with Crippen molar-refractivity contribution in [2.45, 2.75) is 39.2 Å². The highest BCUT2D eigenvalue weighted by molar-refractivity contribution is 5.79. The van der Waals surface area contributed by atoms with Crippen molar-refractivity contribution in [3.05, 3.63) is 23.3 Å². The molecule has 2 aliphatic heterocycles. The molecule has 2 heterocycles. The second-order valence-electron chi connectivity index (χ2n) is 7.39. The van der Waals surface area contributed by atoms with E-state index >= 15 is 0 Å². The van der Waals surface area contributed by atoms with Gasteiger partial charge in [0.2, 0.25) is 12.7 Å². The average Bonchev–Trinajstić information content (AvgIpc) is 3.13. The summed E-state index contributed by atoms with van der Waals surface area (Å²) in [5.41, 5.74) is 2.55. The van der Waals surface area contributed by atoms with E-state index in [1.54, 1.807) is 0 Å². The lowest BCUT2D eigenvalue weighted by molar-refractivity contribution is -0.127. The molecular weight excluding hydrogens is 304 g/mol. The number of hydrogen-bond acceptors (Lipinski definition) is 4. The molecule has 0 unspecified atom stereocenters. The van der Waals surface area contributed by atoms with Crippen LogP contribution in [0, 0.1) is 18.8 Å². The van der Waals surface area contributed by atoms with Gasteiger partial charge in [-0.2, -0.15) is 0 Å². The van der Waals surface area contributed by atoms with Crippen LogP contribution in [0.15, 0.2) is 12.1 Å². The van der Waals surface area contributed by atoms with Crippen molar-refractivity contribution in [3.8, 4) is 11.5 Å². The maximum absolute atomic E-state index is 12.0. The number of aryl methyl sites for hydroxylation is 1. The van der Waals surface area contributed by atoms with Gasteiger partial charge in [0.15, 0.2) is 11.5 Å². The van der Waals surface area contributed by atoms with Crippen LogP contribution < -0.4 is 14.8 Å². The number of amides is 1. The van der Waals surface area contributed by atoms with E-state index in [2.05, 4.69) is 29.3 Å². The maximum Gasteiger partial charge on any atom is 0.231 e. The minimum absolute atomic E-state index is 0.270. The fourth-order valence-corrected chi connectivity index (χ4v) is 3.78. The summed E-state index contributed by atoms with van der Waals surface area (Å²) in [4.78, 5) is 14.4. The Morgan fingerprint density at radius 2 is 2.04 bits per heavy atom. The summed E-state index contributed by atoms with van der Waals surface area (Å²) in [6, 6.07) is 4.19. The second-order valence-corrected chi connectivity index (χ2v) is 7.39. The van der Waals surface area contributed by atoms with Gasteiger partial charge in [0.1, 0.15) is 0 Å². The van der Waals surface area contributed by atoms with Gasteiger partial charge in [0.25, 0.3) is 0 Å². The van der Waals surface area contributed by atoms with Crippen molar-refractivity contribution in [1.29, 1.82) is 0 Å². The van der Waals surface area contributed by atoms with E-state index in [1.165, 1.54) is 17.5 Å². The number of fused-ring (bicyclic) bond motifs is 1. The molecule has 1 saturated carbocycles. The number of ether oxygens (including phenoxy) is 2. The number of nitrogens with zero attached hydrogens (tertiary/aromatic N) is 1. The summed E-state index contributed by atoms with van der Waals surface area (Å²) < 4.78 is 10.9. The predicted octanol–water partition coefficient (Wildman–Crippen LogP) is 2.46.